The van der Waals surface area contributed by atoms with E-state index in [0.717, 1.165) is 54.6 Å². The summed E-state index contributed by atoms with van der Waals surface area (Å²) in [6.45, 7) is 10.0. The summed E-state index contributed by atoms with van der Waals surface area (Å²) in [7, 11) is 1.72. The highest BCUT2D eigenvalue weighted by atomic mass is 16.5. The van der Waals surface area contributed by atoms with Crippen LogP contribution in [-0.4, -0.2) is 39.0 Å². The highest BCUT2D eigenvalue weighted by Crippen LogP contribution is 2.53. The molecule has 6 rings (SSSR count). The summed E-state index contributed by atoms with van der Waals surface area (Å²) in [5.41, 5.74) is 9.27. The highest BCUT2D eigenvalue weighted by Gasteiger charge is 2.35. The first-order chi connectivity index (χ1) is 16.9. The normalized spacial score (nSPS) is 19.9. The van der Waals surface area contributed by atoms with Crippen LogP contribution in [0.5, 0.6) is 11.5 Å². The van der Waals surface area contributed by atoms with Gasteiger partial charge in [-0.2, -0.15) is 0 Å². The Kier molecular flexibility index (Phi) is 5.26. The number of allylic oxidation sites excluding steroid dienone is 1. The third kappa shape index (κ3) is 3.75. The van der Waals surface area contributed by atoms with Gasteiger partial charge in [0, 0.05) is 35.6 Å². The van der Waals surface area contributed by atoms with Crippen molar-refractivity contribution in [2.75, 3.05) is 43.6 Å². The number of anilines is 2. The van der Waals surface area contributed by atoms with Gasteiger partial charge >= 0.3 is 0 Å². The van der Waals surface area contributed by atoms with Crippen molar-refractivity contribution in [2.45, 2.75) is 32.4 Å². The zero-order chi connectivity index (χ0) is 24.2. The Morgan fingerprint density at radius 2 is 1.74 bits per heavy atom. The van der Waals surface area contributed by atoms with Crippen LogP contribution in [0, 0.1) is 0 Å². The average Bonchev–Trinajstić information content (AvgIpc) is 2.87. The standard InChI is InChI=1S/C30H32N2O3/c1-19-18-30(2,3)31-23-13-12-22-27-24(33-4)6-5-7-25(27)35-29(28(22)26(19)23)20-8-10-21(11-9-20)32-14-16-34-17-15-32/h5-13,18,29,31H,14-17H2,1-4H3. The number of rotatable bonds is 3. The molecule has 3 aliphatic rings. The van der Waals surface area contributed by atoms with E-state index in [9.17, 15) is 0 Å². The van der Waals surface area contributed by atoms with Gasteiger partial charge in [0.05, 0.1) is 31.4 Å². The van der Waals surface area contributed by atoms with Crippen molar-refractivity contribution in [2.24, 2.45) is 0 Å². The molecule has 180 valence electrons. The molecule has 0 amide bonds. The second-order valence-corrected chi connectivity index (χ2v) is 10.1. The molecule has 1 fully saturated rings. The number of nitrogens with one attached hydrogen (secondary N) is 1. The van der Waals surface area contributed by atoms with Gasteiger partial charge in [0.25, 0.3) is 0 Å². The SMILES string of the molecule is COc1cccc2c1-c1ccc3c(c1C(c1ccc(N4CCOCC4)cc1)O2)C(C)=CC(C)(C)N3. The van der Waals surface area contributed by atoms with Crippen LogP contribution in [0.25, 0.3) is 16.7 Å². The van der Waals surface area contributed by atoms with Gasteiger partial charge in [0.2, 0.25) is 0 Å². The molecule has 1 saturated heterocycles. The number of fused-ring (bicyclic) bond motifs is 5. The fourth-order valence-electron chi connectivity index (χ4n) is 5.78. The number of morpholine rings is 1. The summed E-state index contributed by atoms with van der Waals surface area (Å²) < 4.78 is 18.1. The monoisotopic (exact) mass is 468 g/mol. The first-order valence-corrected chi connectivity index (χ1v) is 12.4. The first-order valence-electron chi connectivity index (χ1n) is 12.4. The molecule has 0 aromatic heterocycles. The van der Waals surface area contributed by atoms with Gasteiger partial charge in [-0.3, -0.25) is 0 Å². The van der Waals surface area contributed by atoms with Crippen LogP contribution >= 0.6 is 0 Å². The molecule has 3 aromatic carbocycles. The molecular weight excluding hydrogens is 436 g/mol. The number of hydrogen-bond acceptors (Lipinski definition) is 5. The minimum Gasteiger partial charge on any atom is -0.496 e. The van der Waals surface area contributed by atoms with Crippen molar-refractivity contribution in [1.82, 2.24) is 0 Å². The molecular formula is C30H32N2O3. The Morgan fingerprint density at radius 3 is 2.49 bits per heavy atom. The number of ether oxygens (including phenoxy) is 3. The lowest BCUT2D eigenvalue weighted by Gasteiger charge is -2.37. The maximum absolute atomic E-state index is 6.77. The Bertz CT molecular complexity index is 1300. The summed E-state index contributed by atoms with van der Waals surface area (Å²) >= 11 is 0. The minimum atomic E-state index is -0.218. The maximum Gasteiger partial charge on any atom is 0.150 e. The first kappa shape index (κ1) is 22.1. The molecule has 5 heteroatoms. The lowest BCUT2D eigenvalue weighted by Crippen LogP contribution is -2.36. The lowest BCUT2D eigenvalue weighted by molar-refractivity contribution is 0.122. The largest absolute Gasteiger partial charge is 0.496 e. The van der Waals surface area contributed by atoms with Crippen LogP contribution in [0.4, 0.5) is 11.4 Å². The van der Waals surface area contributed by atoms with E-state index in [0.29, 0.717) is 0 Å². The Labute approximate surface area is 207 Å². The summed E-state index contributed by atoms with van der Waals surface area (Å²) in [5, 5.41) is 3.71. The summed E-state index contributed by atoms with van der Waals surface area (Å²) in [6.07, 6.45) is 2.09. The molecule has 0 saturated carbocycles. The van der Waals surface area contributed by atoms with E-state index in [2.05, 4.69) is 73.5 Å². The predicted molar refractivity (Wildman–Crippen MR) is 142 cm³/mol. The third-order valence-electron chi connectivity index (χ3n) is 7.23. The summed E-state index contributed by atoms with van der Waals surface area (Å²) in [6, 6.07) is 19.3. The second kappa shape index (κ2) is 8.35. The molecule has 0 radical (unpaired) electrons. The molecule has 5 nitrogen and oxygen atoms in total. The van der Waals surface area contributed by atoms with Crippen molar-refractivity contribution in [1.29, 1.82) is 0 Å². The van der Waals surface area contributed by atoms with E-state index < -0.39 is 0 Å². The van der Waals surface area contributed by atoms with E-state index in [4.69, 9.17) is 14.2 Å². The molecule has 0 bridgehead atoms. The molecule has 1 unspecified atom stereocenters. The van der Waals surface area contributed by atoms with Crippen molar-refractivity contribution in [3.63, 3.8) is 0 Å². The van der Waals surface area contributed by atoms with Crippen LogP contribution in [0.2, 0.25) is 0 Å². The van der Waals surface area contributed by atoms with Crippen molar-refractivity contribution in [3.8, 4) is 22.6 Å². The number of benzene rings is 3. The molecule has 3 aliphatic heterocycles. The topological polar surface area (TPSA) is 43.0 Å². The van der Waals surface area contributed by atoms with Crippen LogP contribution in [0.3, 0.4) is 0 Å². The number of nitrogens with zero attached hydrogens (tertiary/aromatic N) is 1. The second-order valence-electron chi connectivity index (χ2n) is 10.1. The summed E-state index contributed by atoms with van der Waals surface area (Å²) in [4.78, 5) is 2.38. The molecule has 3 aromatic rings. The molecule has 0 spiro atoms. The van der Waals surface area contributed by atoms with E-state index in [-0.39, 0.29) is 11.6 Å². The highest BCUT2D eigenvalue weighted by molar-refractivity contribution is 5.91. The predicted octanol–water partition coefficient (Wildman–Crippen LogP) is 6.29. The third-order valence-corrected chi connectivity index (χ3v) is 7.23. The van der Waals surface area contributed by atoms with Crippen LogP contribution in [0.1, 0.15) is 43.6 Å². The zero-order valence-corrected chi connectivity index (χ0v) is 20.9. The quantitative estimate of drug-likeness (QED) is 0.489. The molecule has 35 heavy (non-hydrogen) atoms. The van der Waals surface area contributed by atoms with Crippen LogP contribution in [0.15, 0.2) is 60.7 Å². The van der Waals surface area contributed by atoms with E-state index in [1.54, 1.807) is 7.11 Å². The average molecular weight is 469 g/mol. The van der Waals surface area contributed by atoms with Gasteiger partial charge < -0.3 is 24.4 Å². The summed E-state index contributed by atoms with van der Waals surface area (Å²) in [5.74, 6) is 1.68. The van der Waals surface area contributed by atoms with Crippen molar-refractivity contribution >= 4 is 16.9 Å². The van der Waals surface area contributed by atoms with Crippen molar-refractivity contribution in [3.05, 3.63) is 77.4 Å². The molecule has 1 atom stereocenters. The van der Waals surface area contributed by atoms with Crippen LogP contribution in [-0.2, 0) is 4.74 Å². The Balaban J connectivity index is 1.51. The number of methoxy groups -OCH3 is 1. The van der Waals surface area contributed by atoms with Gasteiger partial charge in [0.15, 0.2) is 6.10 Å². The van der Waals surface area contributed by atoms with E-state index in [1.165, 1.54) is 28.0 Å². The van der Waals surface area contributed by atoms with Crippen molar-refractivity contribution < 1.29 is 14.2 Å². The Morgan fingerprint density at radius 1 is 0.971 bits per heavy atom. The molecule has 3 heterocycles. The fraction of sp³-hybridized carbons (Fsp3) is 0.333. The van der Waals surface area contributed by atoms with Crippen LogP contribution < -0.4 is 19.7 Å². The van der Waals surface area contributed by atoms with E-state index >= 15 is 0 Å². The fourth-order valence-corrected chi connectivity index (χ4v) is 5.78. The lowest BCUT2D eigenvalue weighted by atomic mass is 9.80. The Hall–Kier alpha value is -3.44. The zero-order valence-electron chi connectivity index (χ0n) is 20.9. The molecule has 0 aliphatic carbocycles. The van der Waals surface area contributed by atoms with Gasteiger partial charge in [-0.05, 0) is 67.8 Å². The number of hydrogen-bond donors (Lipinski definition) is 1. The smallest absolute Gasteiger partial charge is 0.150 e. The van der Waals surface area contributed by atoms with Gasteiger partial charge in [0.1, 0.15) is 11.5 Å². The van der Waals surface area contributed by atoms with Gasteiger partial charge in [-0.1, -0.05) is 30.3 Å². The van der Waals surface area contributed by atoms with Gasteiger partial charge in [-0.25, -0.2) is 0 Å². The molecule has 1 N–H and O–H groups in total. The maximum atomic E-state index is 6.77. The van der Waals surface area contributed by atoms with Gasteiger partial charge in [-0.15, -0.1) is 0 Å². The minimum absolute atomic E-state index is 0.105. The van der Waals surface area contributed by atoms with E-state index in [1.807, 2.05) is 18.2 Å².